The van der Waals surface area contributed by atoms with Crippen molar-refractivity contribution in [3.05, 3.63) is 63.6 Å². The lowest BCUT2D eigenvalue weighted by atomic mass is 10.1. The lowest BCUT2D eigenvalue weighted by molar-refractivity contribution is -0.143. The van der Waals surface area contributed by atoms with E-state index in [0.717, 1.165) is 17.5 Å². The predicted molar refractivity (Wildman–Crippen MR) is 121 cm³/mol. The molecule has 30 heavy (non-hydrogen) atoms. The largest absolute Gasteiger partial charge is 0.482 e. The van der Waals surface area contributed by atoms with E-state index in [4.69, 9.17) is 27.9 Å². The van der Waals surface area contributed by atoms with E-state index in [1.807, 2.05) is 45.0 Å². The molecule has 0 aliphatic heterocycles. The summed E-state index contributed by atoms with van der Waals surface area (Å²) < 4.78 is 5.64. The Hall–Kier alpha value is -2.24. The number of halogens is 2. The first-order valence-corrected chi connectivity index (χ1v) is 10.8. The molecule has 0 radical (unpaired) electrons. The highest BCUT2D eigenvalue weighted by Crippen LogP contribution is 2.27. The molecule has 0 saturated heterocycles. The van der Waals surface area contributed by atoms with Crippen LogP contribution >= 0.6 is 23.2 Å². The van der Waals surface area contributed by atoms with Gasteiger partial charge < -0.3 is 15.0 Å². The van der Waals surface area contributed by atoms with Crippen molar-refractivity contribution in [1.29, 1.82) is 0 Å². The summed E-state index contributed by atoms with van der Waals surface area (Å²) >= 11 is 12.1. The standard InChI is InChI=1S/C23H28Cl2N2O3/c1-4-12-26-23(29)20(5-2)27(14-17-9-7-6-8-16(17)3)22(28)15-30-21-11-10-18(24)13-19(21)25/h6-11,13,20H,4-5,12,14-15H2,1-3H3,(H,26,29)/t20-/m1/s1. The van der Waals surface area contributed by atoms with Gasteiger partial charge in [0.05, 0.1) is 5.02 Å². The van der Waals surface area contributed by atoms with Crippen LogP contribution in [0.3, 0.4) is 0 Å². The van der Waals surface area contributed by atoms with Gasteiger partial charge in [-0.15, -0.1) is 0 Å². The lowest BCUT2D eigenvalue weighted by Gasteiger charge is -2.31. The van der Waals surface area contributed by atoms with E-state index in [1.54, 1.807) is 23.1 Å². The maximum atomic E-state index is 13.1. The molecule has 0 spiro atoms. The summed E-state index contributed by atoms with van der Waals surface area (Å²) in [5.74, 6) is -0.0812. The molecule has 5 nitrogen and oxygen atoms in total. The number of carbonyl (C=O) groups is 2. The third kappa shape index (κ3) is 6.64. The number of aryl methyl sites for hydroxylation is 1. The first-order chi connectivity index (χ1) is 14.4. The smallest absolute Gasteiger partial charge is 0.261 e. The van der Waals surface area contributed by atoms with Crippen LogP contribution in [0.2, 0.25) is 10.0 Å². The first-order valence-electron chi connectivity index (χ1n) is 10.1. The molecule has 7 heteroatoms. The number of ether oxygens (including phenoxy) is 1. The summed E-state index contributed by atoms with van der Waals surface area (Å²) in [4.78, 5) is 27.5. The second kappa shape index (κ2) is 11.8. The van der Waals surface area contributed by atoms with Crippen LogP contribution in [0, 0.1) is 6.92 Å². The third-order valence-electron chi connectivity index (χ3n) is 4.78. The van der Waals surface area contributed by atoms with E-state index in [2.05, 4.69) is 5.32 Å². The van der Waals surface area contributed by atoms with E-state index >= 15 is 0 Å². The Bertz CT molecular complexity index is 873. The molecule has 0 heterocycles. The van der Waals surface area contributed by atoms with Crippen molar-refractivity contribution in [2.75, 3.05) is 13.2 Å². The summed E-state index contributed by atoms with van der Waals surface area (Å²) in [6, 6.07) is 12.0. The zero-order valence-corrected chi connectivity index (χ0v) is 19.1. The van der Waals surface area contributed by atoms with Gasteiger partial charge in [0.2, 0.25) is 5.91 Å². The number of hydrogen-bond acceptors (Lipinski definition) is 3. The zero-order chi connectivity index (χ0) is 22.1. The van der Waals surface area contributed by atoms with Crippen LogP contribution in [-0.2, 0) is 16.1 Å². The molecule has 2 aromatic carbocycles. The Morgan fingerprint density at radius 2 is 1.87 bits per heavy atom. The molecule has 0 bridgehead atoms. The van der Waals surface area contributed by atoms with E-state index in [-0.39, 0.29) is 18.4 Å². The summed E-state index contributed by atoms with van der Waals surface area (Å²) in [7, 11) is 0. The molecule has 2 amide bonds. The number of nitrogens with one attached hydrogen (secondary N) is 1. The summed E-state index contributed by atoms with van der Waals surface area (Å²) in [6.07, 6.45) is 1.32. The van der Waals surface area contributed by atoms with Gasteiger partial charge in [-0.1, -0.05) is 61.3 Å². The molecule has 1 atom stereocenters. The second-order valence-corrected chi connectivity index (χ2v) is 7.87. The summed E-state index contributed by atoms with van der Waals surface area (Å²) in [5.41, 5.74) is 2.04. The van der Waals surface area contributed by atoms with Gasteiger partial charge in [-0.2, -0.15) is 0 Å². The molecule has 1 N–H and O–H groups in total. The number of amides is 2. The van der Waals surface area contributed by atoms with Gasteiger partial charge in [-0.3, -0.25) is 9.59 Å². The van der Waals surface area contributed by atoms with Gasteiger partial charge in [0, 0.05) is 18.1 Å². The van der Waals surface area contributed by atoms with Crippen LogP contribution in [0.15, 0.2) is 42.5 Å². The highest BCUT2D eigenvalue weighted by atomic mass is 35.5. The van der Waals surface area contributed by atoms with E-state index in [0.29, 0.717) is 35.3 Å². The minimum absolute atomic E-state index is 0.161. The van der Waals surface area contributed by atoms with E-state index < -0.39 is 6.04 Å². The fourth-order valence-corrected chi connectivity index (χ4v) is 3.53. The maximum absolute atomic E-state index is 13.1. The molecule has 2 aromatic rings. The monoisotopic (exact) mass is 450 g/mol. The minimum Gasteiger partial charge on any atom is -0.482 e. The molecule has 162 valence electrons. The van der Waals surface area contributed by atoms with Crippen LogP contribution in [0.25, 0.3) is 0 Å². The Kier molecular flexibility index (Phi) is 9.47. The van der Waals surface area contributed by atoms with Crippen molar-refractivity contribution < 1.29 is 14.3 Å². The molecular weight excluding hydrogens is 423 g/mol. The number of benzene rings is 2. The fourth-order valence-electron chi connectivity index (χ4n) is 3.07. The van der Waals surface area contributed by atoms with Crippen LogP contribution in [-0.4, -0.2) is 35.9 Å². The molecular formula is C23H28Cl2N2O3. The molecule has 0 saturated carbocycles. The molecule has 0 fully saturated rings. The van der Waals surface area contributed by atoms with Crippen molar-refractivity contribution in [2.45, 2.75) is 46.2 Å². The highest BCUT2D eigenvalue weighted by molar-refractivity contribution is 6.35. The summed E-state index contributed by atoms with van der Waals surface area (Å²) in [6.45, 7) is 6.52. The molecule has 0 aromatic heterocycles. The quantitative estimate of drug-likeness (QED) is 0.552. The second-order valence-electron chi connectivity index (χ2n) is 7.03. The average Bonchev–Trinajstić information content (AvgIpc) is 2.72. The highest BCUT2D eigenvalue weighted by Gasteiger charge is 2.29. The van der Waals surface area contributed by atoms with Crippen LogP contribution < -0.4 is 10.1 Å². The number of rotatable bonds is 10. The first kappa shape index (κ1) is 24.0. The van der Waals surface area contributed by atoms with Gasteiger partial charge >= 0.3 is 0 Å². The molecule has 0 aliphatic carbocycles. The van der Waals surface area contributed by atoms with Crippen molar-refractivity contribution in [3.63, 3.8) is 0 Å². The van der Waals surface area contributed by atoms with Crippen LogP contribution in [0.4, 0.5) is 0 Å². The van der Waals surface area contributed by atoms with Gasteiger partial charge in [0.1, 0.15) is 11.8 Å². The third-order valence-corrected chi connectivity index (χ3v) is 5.31. The maximum Gasteiger partial charge on any atom is 0.261 e. The van der Waals surface area contributed by atoms with E-state index in [1.165, 1.54) is 0 Å². The number of nitrogens with zero attached hydrogens (tertiary/aromatic N) is 1. The van der Waals surface area contributed by atoms with Crippen molar-refractivity contribution in [3.8, 4) is 5.75 Å². The Labute approximate surface area is 188 Å². The van der Waals surface area contributed by atoms with Crippen molar-refractivity contribution >= 4 is 35.0 Å². The van der Waals surface area contributed by atoms with Gasteiger partial charge in [-0.05, 0) is 49.1 Å². The van der Waals surface area contributed by atoms with Crippen LogP contribution in [0.1, 0.15) is 37.8 Å². The average molecular weight is 451 g/mol. The zero-order valence-electron chi connectivity index (χ0n) is 17.6. The topological polar surface area (TPSA) is 58.6 Å². The normalized spacial score (nSPS) is 11.6. The van der Waals surface area contributed by atoms with Gasteiger partial charge in [-0.25, -0.2) is 0 Å². The van der Waals surface area contributed by atoms with E-state index in [9.17, 15) is 9.59 Å². The van der Waals surface area contributed by atoms with Gasteiger partial charge in [0.15, 0.2) is 6.61 Å². The van der Waals surface area contributed by atoms with Crippen LogP contribution in [0.5, 0.6) is 5.75 Å². The number of hydrogen-bond donors (Lipinski definition) is 1. The minimum atomic E-state index is -0.590. The van der Waals surface area contributed by atoms with Crippen molar-refractivity contribution in [2.24, 2.45) is 0 Å². The molecule has 2 rings (SSSR count). The lowest BCUT2D eigenvalue weighted by Crippen LogP contribution is -2.50. The summed E-state index contributed by atoms with van der Waals surface area (Å²) in [5, 5.41) is 3.71. The number of carbonyl (C=O) groups excluding carboxylic acids is 2. The molecule has 0 aliphatic rings. The molecule has 0 unspecified atom stereocenters. The van der Waals surface area contributed by atoms with Crippen molar-refractivity contribution in [1.82, 2.24) is 10.2 Å². The Morgan fingerprint density at radius 3 is 2.50 bits per heavy atom. The Morgan fingerprint density at radius 1 is 1.13 bits per heavy atom. The van der Waals surface area contributed by atoms with Gasteiger partial charge in [0.25, 0.3) is 5.91 Å². The SMILES string of the molecule is CCCNC(=O)[C@@H](CC)N(Cc1ccccc1C)C(=O)COc1ccc(Cl)cc1Cl. The Balaban J connectivity index is 2.22. The fraction of sp³-hybridized carbons (Fsp3) is 0.391. The predicted octanol–water partition coefficient (Wildman–Crippen LogP) is 5.01.